The third-order valence-electron chi connectivity index (χ3n) is 20.2. The number of H-pyrrole nitrogens is 1. The number of carbonyl (C=O) groups is 3. The average molecular weight is 945 g/mol. The van der Waals surface area contributed by atoms with E-state index in [1.807, 2.05) is 37.1 Å². The van der Waals surface area contributed by atoms with Crippen LogP contribution in [0.4, 0.5) is 5.69 Å². The molecular weight excluding hydrogens is 871 g/mol. The van der Waals surface area contributed by atoms with Gasteiger partial charge >= 0.3 is 5.97 Å². The quantitative estimate of drug-likeness (QED) is 0.115. The number of nitrogens with one attached hydrogen (secondary N) is 2. The highest BCUT2D eigenvalue weighted by Gasteiger charge is 2.79. The Hall–Kier alpha value is -4.27. The van der Waals surface area contributed by atoms with E-state index in [0.29, 0.717) is 89.1 Å². The first-order valence-electron chi connectivity index (χ1n) is 26.1. The third-order valence-corrected chi connectivity index (χ3v) is 20.2. The van der Waals surface area contributed by atoms with Crippen molar-refractivity contribution in [1.29, 1.82) is 0 Å². The molecular formula is C56H74N5O8. The molecule has 13 heteroatoms. The third kappa shape index (κ3) is 6.54. The molecule has 4 aliphatic carbocycles. The summed E-state index contributed by atoms with van der Waals surface area (Å²) in [6, 6.07) is 11.2. The number of piperidine rings is 1. The number of rotatable bonds is 11. The lowest BCUT2D eigenvalue weighted by Gasteiger charge is -2.63. The number of likely N-dealkylation sites (N-methyl/N-ethyl adjacent to an activating group) is 1. The van der Waals surface area contributed by atoms with E-state index in [-0.39, 0.29) is 28.6 Å². The fourth-order valence-electron chi connectivity index (χ4n) is 16.6. The number of ether oxygens (including phenoxy) is 2. The van der Waals surface area contributed by atoms with Gasteiger partial charge in [-0.3, -0.25) is 19.4 Å². The Morgan fingerprint density at radius 2 is 1.67 bits per heavy atom. The minimum Gasteiger partial charge on any atom is -0.496 e. The molecule has 1 radical (unpaired) electrons. The van der Waals surface area contributed by atoms with Gasteiger partial charge in [0.15, 0.2) is 5.60 Å². The number of hydrogen-bond acceptors (Lipinski definition) is 11. The Morgan fingerprint density at radius 1 is 0.928 bits per heavy atom. The van der Waals surface area contributed by atoms with Crippen LogP contribution in [0.1, 0.15) is 120 Å². The number of carbonyl (C=O) groups excluding carboxylic acids is 3. The number of anilines is 1. The van der Waals surface area contributed by atoms with Gasteiger partial charge in [-0.05, 0) is 137 Å². The van der Waals surface area contributed by atoms with Crippen molar-refractivity contribution in [2.75, 3.05) is 65.4 Å². The molecule has 5 N–H and O–H groups in total. The molecule has 5 aliphatic heterocycles. The molecule has 12 rings (SSSR count). The fourth-order valence-corrected chi connectivity index (χ4v) is 16.6. The second-order valence-corrected chi connectivity index (χ2v) is 23.2. The van der Waals surface area contributed by atoms with Gasteiger partial charge in [0.25, 0.3) is 5.91 Å². The summed E-state index contributed by atoms with van der Waals surface area (Å²) < 4.78 is 12.5. The number of amides is 1. The average Bonchev–Trinajstić information content (AvgIpc) is 4.03. The zero-order valence-electron chi connectivity index (χ0n) is 41.7. The molecule has 3 aromatic rings. The van der Waals surface area contributed by atoms with Crippen LogP contribution in [0.3, 0.4) is 0 Å². The summed E-state index contributed by atoms with van der Waals surface area (Å²) in [6.45, 7) is 9.41. The molecule has 6 fully saturated rings. The highest BCUT2D eigenvalue weighted by Crippen LogP contribution is 2.68. The van der Waals surface area contributed by atoms with Crippen LogP contribution in [-0.4, -0.2) is 138 Å². The van der Waals surface area contributed by atoms with E-state index in [2.05, 4.69) is 63.8 Å². The second-order valence-electron chi connectivity index (χ2n) is 23.2. The normalized spacial score (nSPS) is 39.7. The molecule has 1 spiro atoms. The van der Waals surface area contributed by atoms with Crippen molar-refractivity contribution in [3.8, 4) is 5.75 Å². The van der Waals surface area contributed by atoms with E-state index >= 15 is 9.59 Å². The first-order chi connectivity index (χ1) is 33.0. The van der Waals surface area contributed by atoms with E-state index in [0.717, 1.165) is 78.4 Å². The SMILES string of the molecule is CC[C@]1(O)[CH]C2CN(CCc3c([nH]c4ccccc34)[C@@](C(=O)OC)(c3cc4c(cc3OC)N(C)C3C45CCN4CC=C[C@](CC)(C45)[C@@H](O)[C@]3(O)C(=O)NCC34CCC(CCC(C)=O)(CC3)CC4)C2)C1. The molecule has 2 saturated heterocycles. The Balaban J connectivity index is 1.07. The Labute approximate surface area is 407 Å². The summed E-state index contributed by atoms with van der Waals surface area (Å²) in [5, 5.41) is 43.3. The number of fused-ring (bicyclic) bond motifs is 9. The molecule has 5 unspecified atom stereocenters. The molecule has 69 heavy (non-hydrogen) atoms. The van der Waals surface area contributed by atoms with Gasteiger partial charge in [-0.2, -0.15) is 0 Å². The van der Waals surface area contributed by atoms with Gasteiger partial charge < -0.3 is 44.8 Å². The maximum Gasteiger partial charge on any atom is 0.322 e. The van der Waals surface area contributed by atoms with Gasteiger partial charge in [0.1, 0.15) is 23.1 Å². The lowest BCUT2D eigenvalue weighted by atomic mass is 9.47. The number of aliphatic hydroxyl groups is 3. The molecule has 4 saturated carbocycles. The summed E-state index contributed by atoms with van der Waals surface area (Å²) in [4.78, 5) is 53.6. The topological polar surface area (TPSA) is 168 Å². The lowest BCUT2D eigenvalue weighted by Crippen LogP contribution is -2.82. The summed E-state index contributed by atoms with van der Waals surface area (Å²) in [5.74, 6) is -0.484. The highest BCUT2D eigenvalue weighted by atomic mass is 16.5. The lowest BCUT2D eigenvalue weighted by molar-refractivity contribution is -0.204. The van der Waals surface area contributed by atoms with E-state index in [9.17, 15) is 20.1 Å². The largest absolute Gasteiger partial charge is 0.496 e. The van der Waals surface area contributed by atoms with Crippen LogP contribution in [-0.2, 0) is 36.4 Å². The minimum atomic E-state index is -2.25. The zero-order chi connectivity index (χ0) is 48.5. The van der Waals surface area contributed by atoms with Crippen molar-refractivity contribution in [3.63, 3.8) is 0 Å². The molecule has 13 nitrogen and oxygen atoms in total. The van der Waals surface area contributed by atoms with Crippen LogP contribution in [0.5, 0.6) is 5.75 Å². The Kier molecular flexibility index (Phi) is 11.2. The number of ketones is 1. The van der Waals surface area contributed by atoms with E-state index in [4.69, 9.17) is 9.47 Å². The van der Waals surface area contributed by atoms with E-state index in [1.165, 1.54) is 7.11 Å². The molecule has 1 amide bonds. The van der Waals surface area contributed by atoms with Crippen LogP contribution in [0.2, 0.25) is 0 Å². The Bertz CT molecular complexity index is 2590. The monoisotopic (exact) mass is 945 g/mol. The highest BCUT2D eigenvalue weighted by molar-refractivity contribution is 5.95. The summed E-state index contributed by atoms with van der Waals surface area (Å²) in [5.41, 5.74) is -1.47. The maximum absolute atomic E-state index is 15.5. The summed E-state index contributed by atoms with van der Waals surface area (Å²) in [6.07, 6.45) is 14.9. The fraction of sp³-hybridized carbons (Fsp3) is 0.643. The number of methoxy groups -OCH3 is 2. The molecule has 6 heterocycles. The number of benzene rings is 2. The first-order valence-corrected chi connectivity index (χ1v) is 26.1. The van der Waals surface area contributed by atoms with Gasteiger partial charge in [0.05, 0.1) is 25.9 Å². The predicted octanol–water partition coefficient (Wildman–Crippen LogP) is 5.89. The minimum absolute atomic E-state index is 0.103. The number of nitrogens with zero attached hydrogens (tertiary/aromatic N) is 3. The number of Topliss-reactive ketones (excluding diaryl/α,β-unsaturated/α-hetero) is 1. The van der Waals surface area contributed by atoms with Gasteiger partial charge in [0, 0.05) is 97.0 Å². The van der Waals surface area contributed by atoms with Crippen LogP contribution in [0.25, 0.3) is 10.9 Å². The predicted molar refractivity (Wildman–Crippen MR) is 264 cm³/mol. The number of para-hydroxylation sites is 1. The number of aromatic amines is 1. The summed E-state index contributed by atoms with van der Waals surface area (Å²) in [7, 11) is 5.02. The van der Waals surface area contributed by atoms with Crippen LogP contribution in [0, 0.1) is 28.6 Å². The van der Waals surface area contributed by atoms with Gasteiger partial charge in [0.2, 0.25) is 0 Å². The molecule has 4 bridgehead atoms. The van der Waals surface area contributed by atoms with Gasteiger partial charge in [-0.15, -0.1) is 0 Å². The van der Waals surface area contributed by atoms with E-state index < -0.39 is 51.5 Å². The molecule has 1 aromatic heterocycles. The zero-order valence-corrected chi connectivity index (χ0v) is 41.7. The van der Waals surface area contributed by atoms with Crippen molar-refractivity contribution in [2.45, 2.75) is 144 Å². The Morgan fingerprint density at radius 3 is 2.36 bits per heavy atom. The molecule has 2 aromatic carbocycles. The van der Waals surface area contributed by atoms with Gasteiger partial charge in [-0.25, -0.2) is 0 Å². The van der Waals surface area contributed by atoms with Crippen molar-refractivity contribution in [2.24, 2.45) is 22.2 Å². The smallest absolute Gasteiger partial charge is 0.322 e. The van der Waals surface area contributed by atoms with Crippen molar-refractivity contribution in [1.82, 2.24) is 20.1 Å². The first kappa shape index (κ1) is 47.1. The van der Waals surface area contributed by atoms with Crippen molar-refractivity contribution in [3.05, 3.63) is 77.4 Å². The van der Waals surface area contributed by atoms with Crippen LogP contribution < -0.4 is 15.0 Å². The molecule has 9 aliphatic rings. The van der Waals surface area contributed by atoms with E-state index in [1.54, 1.807) is 14.0 Å². The standard InChI is InChI=1S/C56H74N5O8/c1-7-52(66)30-36-31-55(49(65)69-6,44-38(15-26-60(32-36)34-52)37-12-9-10-13-41(37)58-44)40-28-39-42(29-43(40)68-5)59(4)46-54(39)24-27-61-25-11-16-53(8-2,45(54)61)47(63)56(46,67)48(64)57-33-51-21-18-50(19-22-51,20-23-51)17-14-35(3)62/h9-13,16,28-30,36,45-47,58,63,66-67H,7-8,14-15,17-27,31-34H2,1-6H3,(H,57,64)/t36?,45?,46?,47-,50?,51?,52+,53-,54?,55+,56+/m1/s1. The number of esters is 1. The number of hydrogen-bond donors (Lipinski definition) is 5. The van der Waals surface area contributed by atoms with Gasteiger partial charge in [-0.1, -0.05) is 44.2 Å². The summed E-state index contributed by atoms with van der Waals surface area (Å²) >= 11 is 0. The number of aliphatic hydroxyl groups excluding tert-OH is 1. The molecule has 371 valence electrons. The maximum atomic E-state index is 15.5. The van der Waals surface area contributed by atoms with Crippen molar-refractivity contribution >= 4 is 34.3 Å². The van der Waals surface area contributed by atoms with Crippen LogP contribution >= 0.6 is 0 Å². The number of aromatic nitrogens is 1. The molecule has 10 atom stereocenters. The van der Waals surface area contributed by atoms with Crippen LogP contribution in [0.15, 0.2) is 48.6 Å². The second kappa shape index (κ2) is 16.4. The van der Waals surface area contributed by atoms with Crippen molar-refractivity contribution < 1.29 is 39.2 Å².